The number of hydrogen-bond donors (Lipinski definition) is 3. The summed E-state index contributed by atoms with van der Waals surface area (Å²) in [7, 11) is 1.56. The first-order chi connectivity index (χ1) is 17.7. The monoisotopic (exact) mass is 521 g/mol. The first-order valence-corrected chi connectivity index (χ1v) is 12.9. The smallest absolute Gasteiger partial charge is 0.273 e. The van der Waals surface area contributed by atoms with Crippen LogP contribution in [0.1, 0.15) is 68.6 Å². The second-order valence-electron chi connectivity index (χ2n) is 9.20. The Labute approximate surface area is 220 Å². The molecule has 3 amide bonds. The van der Waals surface area contributed by atoms with Crippen molar-refractivity contribution in [2.45, 2.75) is 51.6 Å². The van der Waals surface area contributed by atoms with E-state index in [2.05, 4.69) is 9.69 Å². The van der Waals surface area contributed by atoms with Gasteiger partial charge in [-0.2, -0.15) is 4.37 Å². The van der Waals surface area contributed by atoms with Crippen molar-refractivity contribution >= 4 is 40.6 Å². The molecule has 194 valence electrons. The number of nitrogens with one attached hydrogen (secondary N) is 1. The number of aryl methyl sites for hydroxylation is 1. The predicted molar refractivity (Wildman–Crippen MR) is 144 cm³/mol. The van der Waals surface area contributed by atoms with Gasteiger partial charge in [-0.15, -0.1) is 0 Å². The highest BCUT2D eigenvalue weighted by Gasteiger charge is 2.37. The molecule has 1 aliphatic carbocycles. The van der Waals surface area contributed by atoms with E-state index < -0.39 is 17.9 Å². The van der Waals surface area contributed by atoms with Crippen molar-refractivity contribution in [3.05, 3.63) is 69.7 Å². The second kappa shape index (κ2) is 11.0. The Morgan fingerprint density at radius 2 is 1.78 bits per heavy atom. The molecular formula is C27H31N5O4S. The van der Waals surface area contributed by atoms with E-state index in [4.69, 9.17) is 16.2 Å². The summed E-state index contributed by atoms with van der Waals surface area (Å²) in [6, 6.07) is 11.6. The third-order valence-electron chi connectivity index (χ3n) is 6.85. The molecule has 0 spiro atoms. The van der Waals surface area contributed by atoms with E-state index in [0.717, 1.165) is 48.3 Å². The standard InChI is InChI=1S/C27H31N5O4S/c1-15-7-6-10-20(16(15)2)32(27(35)24-21(28)22(25(29)33)31-37-24)23(17-11-13-19(36-3)14-12-17)26(34)30-18-8-4-5-9-18/h6-7,10-14,18,23H,4-5,8-9,28H2,1-3H3,(H2,29,33)(H,30,34). The van der Waals surface area contributed by atoms with Gasteiger partial charge in [0.2, 0.25) is 5.91 Å². The average molecular weight is 522 g/mol. The number of primary amides is 1. The van der Waals surface area contributed by atoms with Gasteiger partial charge in [0.15, 0.2) is 5.69 Å². The van der Waals surface area contributed by atoms with Crippen LogP contribution in [0.5, 0.6) is 5.75 Å². The molecule has 2 aromatic carbocycles. The predicted octanol–water partition coefficient (Wildman–Crippen LogP) is 3.90. The van der Waals surface area contributed by atoms with Gasteiger partial charge in [0.1, 0.15) is 16.7 Å². The largest absolute Gasteiger partial charge is 0.497 e. The molecule has 0 bridgehead atoms. The van der Waals surface area contributed by atoms with E-state index in [0.29, 0.717) is 17.0 Å². The molecule has 0 saturated heterocycles. The fourth-order valence-electron chi connectivity index (χ4n) is 4.66. The van der Waals surface area contributed by atoms with Gasteiger partial charge < -0.3 is 21.5 Å². The van der Waals surface area contributed by atoms with Crippen molar-refractivity contribution in [2.24, 2.45) is 5.73 Å². The number of anilines is 2. The number of carbonyl (C=O) groups excluding carboxylic acids is 3. The molecule has 9 nitrogen and oxygen atoms in total. The molecule has 37 heavy (non-hydrogen) atoms. The lowest BCUT2D eigenvalue weighted by Crippen LogP contribution is -2.46. The zero-order valence-electron chi connectivity index (χ0n) is 21.1. The van der Waals surface area contributed by atoms with Gasteiger partial charge in [0.25, 0.3) is 11.8 Å². The lowest BCUT2D eigenvalue weighted by Gasteiger charge is -2.33. The van der Waals surface area contributed by atoms with Crippen LogP contribution in [0.25, 0.3) is 0 Å². The highest BCUT2D eigenvalue weighted by molar-refractivity contribution is 7.09. The SMILES string of the molecule is COc1ccc(C(C(=O)NC2CCCC2)N(C(=O)c2snc(C(N)=O)c2N)c2cccc(C)c2C)cc1. The number of benzene rings is 2. The number of nitrogens with zero attached hydrogens (tertiary/aromatic N) is 2. The van der Waals surface area contributed by atoms with Crippen LogP contribution in [-0.2, 0) is 4.79 Å². The van der Waals surface area contributed by atoms with Gasteiger partial charge in [-0.3, -0.25) is 19.3 Å². The van der Waals surface area contributed by atoms with Crippen LogP contribution in [0.2, 0.25) is 0 Å². The number of methoxy groups -OCH3 is 1. The molecule has 5 N–H and O–H groups in total. The molecule has 1 aromatic heterocycles. The third kappa shape index (κ3) is 5.29. The quantitative estimate of drug-likeness (QED) is 0.411. The minimum Gasteiger partial charge on any atom is -0.497 e. The van der Waals surface area contributed by atoms with E-state index in [9.17, 15) is 14.4 Å². The Morgan fingerprint density at radius 3 is 2.38 bits per heavy atom. The number of ether oxygens (including phenoxy) is 1. The van der Waals surface area contributed by atoms with Crippen LogP contribution >= 0.6 is 11.5 Å². The Hall–Kier alpha value is -3.92. The topological polar surface area (TPSA) is 141 Å². The number of aromatic nitrogens is 1. The van der Waals surface area contributed by atoms with Crippen LogP contribution in [0, 0.1) is 13.8 Å². The number of rotatable bonds is 8. The number of amides is 3. The molecule has 1 saturated carbocycles. The minimum absolute atomic E-state index is 0.0405. The van der Waals surface area contributed by atoms with Crippen molar-refractivity contribution in [3.63, 3.8) is 0 Å². The fourth-order valence-corrected chi connectivity index (χ4v) is 5.40. The molecule has 10 heteroatoms. The van der Waals surface area contributed by atoms with E-state index in [-0.39, 0.29) is 28.2 Å². The summed E-state index contributed by atoms with van der Waals surface area (Å²) in [6.45, 7) is 3.84. The molecule has 4 rings (SSSR count). The molecule has 1 unspecified atom stereocenters. The van der Waals surface area contributed by atoms with E-state index in [1.165, 1.54) is 4.90 Å². The maximum atomic E-state index is 14.2. The third-order valence-corrected chi connectivity index (χ3v) is 7.70. The van der Waals surface area contributed by atoms with Crippen LogP contribution in [-0.4, -0.2) is 35.2 Å². The molecular weight excluding hydrogens is 490 g/mol. The van der Waals surface area contributed by atoms with E-state index >= 15 is 0 Å². The first kappa shape index (κ1) is 26.2. The lowest BCUT2D eigenvalue weighted by atomic mass is 9.99. The molecule has 1 fully saturated rings. The molecule has 1 aliphatic rings. The number of nitrogens with two attached hydrogens (primary N) is 2. The van der Waals surface area contributed by atoms with Crippen molar-refractivity contribution in [1.82, 2.24) is 9.69 Å². The van der Waals surface area contributed by atoms with Gasteiger partial charge in [-0.05, 0) is 73.1 Å². The molecule has 3 aromatic rings. The van der Waals surface area contributed by atoms with Crippen molar-refractivity contribution < 1.29 is 19.1 Å². The first-order valence-electron chi connectivity index (χ1n) is 12.1. The zero-order chi connectivity index (χ0) is 26.7. The van der Waals surface area contributed by atoms with Crippen molar-refractivity contribution in [1.29, 1.82) is 0 Å². The number of nitrogen functional groups attached to an aromatic ring is 1. The summed E-state index contributed by atoms with van der Waals surface area (Å²) in [4.78, 5) is 41.4. The van der Waals surface area contributed by atoms with Crippen LogP contribution < -0.4 is 26.4 Å². The van der Waals surface area contributed by atoms with Gasteiger partial charge in [-0.25, -0.2) is 0 Å². The number of hydrogen-bond acceptors (Lipinski definition) is 7. The van der Waals surface area contributed by atoms with Gasteiger partial charge in [-0.1, -0.05) is 37.1 Å². The van der Waals surface area contributed by atoms with Crippen LogP contribution in [0.15, 0.2) is 42.5 Å². The Morgan fingerprint density at radius 1 is 1.11 bits per heavy atom. The summed E-state index contributed by atoms with van der Waals surface area (Å²) < 4.78 is 9.32. The molecule has 0 aliphatic heterocycles. The molecule has 0 radical (unpaired) electrons. The normalized spacial score (nSPS) is 14.2. The zero-order valence-corrected chi connectivity index (χ0v) is 21.9. The second-order valence-corrected chi connectivity index (χ2v) is 9.97. The maximum absolute atomic E-state index is 14.2. The highest BCUT2D eigenvalue weighted by atomic mass is 32.1. The lowest BCUT2D eigenvalue weighted by molar-refractivity contribution is -0.123. The van der Waals surface area contributed by atoms with Crippen molar-refractivity contribution in [2.75, 3.05) is 17.7 Å². The summed E-state index contributed by atoms with van der Waals surface area (Å²) in [5.74, 6) is -1.04. The van der Waals surface area contributed by atoms with Gasteiger partial charge in [0.05, 0.1) is 12.8 Å². The van der Waals surface area contributed by atoms with Crippen molar-refractivity contribution in [3.8, 4) is 5.75 Å². The Balaban J connectivity index is 1.89. The summed E-state index contributed by atoms with van der Waals surface area (Å²) in [5.41, 5.74) is 14.2. The minimum atomic E-state index is -1.02. The Kier molecular flexibility index (Phi) is 7.77. The number of carbonyl (C=O) groups is 3. The summed E-state index contributed by atoms with van der Waals surface area (Å²) in [6.07, 6.45) is 3.88. The van der Waals surface area contributed by atoms with Gasteiger partial charge in [0, 0.05) is 11.7 Å². The summed E-state index contributed by atoms with van der Waals surface area (Å²) >= 11 is 0.790. The molecule has 1 atom stereocenters. The Bertz CT molecular complexity index is 1310. The van der Waals surface area contributed by atoms with E-state index in [1.54, 1.807) is 37.4 Å². The fraction of sp³-hybridized carbons (Fsp3) is 0.333. The summed E-state index contributed by atoms with van der Waals surface area (Å²) in [5, 5.41) is 3.15. The van der Waals surface area contributed by atoms with E-state index in [1.807, 2.05) is 26.0 Å². The average Bonchev–Trinajstić information content (AvgIpc) is 3.53. The maximum Gasteiger partial charge on any atom is 0.273 e. The molecule has 1 heterocycles. The van der Waals surface area contributed by atoms with Crippen LogP contribution in [0.4, 0.5) is 11.4 Å². The van der Waals surface area contributed by atoms with Crippen LogP contribution in [0.3, 0.4) is 0 Å². The van der Waals surface area contributed by atoms with Gasteiger partial charge >= 0.3 is 0 Å². The highest BCUT2D eigenvalue weighted by Crippen LogP contribution is 2.36.